The maximum absolute atomic E-state index is 13.6. The molecule has 0 unspecified atom stereocenters. The van der Waals surface area contributed by atoms with E-state index in [4.69, 9.17) is 4.74 Å². The highest BCUT2D eigenvalue weighted by molar-refractivity contribution is 7.90. The van der Waals surface area contributed by atoms with Crippen molar-refractivity contribution < 1.29 is 17.9 Å². The summed E-state index contributed by atoms with van der Waals surface area (Å²) in [7, 11) is -3.42. The van der Waals surface area contributed by atoms with Crippen LogP contribution in [0.25, 0.3) is 0 Å². The molecule has 0 radical (unpaired) electrons. The Bertz CT molecular complexity index is 1130. The molecule has 34 heavy (non-hydrogen) atoms. The summed E-state index contributed by atoms with van der Waals surface area (Å²) in [6.45, 7) is 11.8. The smallest absolute Gasteiger partial charge is 0.256 e. The van der Waals surface area contributed by atoms with E-state index in [0.717, 1.165) is 24.5 Å². The first-order valence-corrected chi connectivity index (χ1v) is 13.7. The summed E-state index contributed by atoms with van der Waals surface area (Å²) in [4.78, 5) is 20.0. The van der Waals surface area contributed by atoms with Gasteiger partial charge in [0.2, 0.25) is 0 Å². The summed E-state index contributed by atoms with van der Waals surface area (Å²) in [5.74, 6) is -0.116. The SMILES string of the molecule is CC(C)(C)c1ccc(N2CCN(C(=O)c3cc(S(C)(=O)=O)ccc3N3CCOCC3)CC2)cc1. The van der Waals surface area contributed by atoms with E-state index in [9.17, 15) is 13.2 Å². The van der Waals surface area contributed by atoms with E-state index < -0.39 is 9.84 Å². The normalized spacial score (nSPS) is 17.7. The first kappa shape index (κ1) is 24.5. The largest absolute Gasteiger partial charge is 0.378 e. The summed E-state index contributed by atoms with van der Waals surface area (Å²) < 4.78 is 29.8. The fourth-order valence-electron chi connectivity index (χ4n) is 4.51. The van der Waals surface area contributed by atoms with Gasteiger partial charge >= 0.3 is 0 Å². The molecule has 2 fully saturated rings. The van der Waals surface area contributed by atoms with Crippen LogP contribution in [0.2, 0.25) is 0 Å². The maximum Gasteiger partial charge on any atom is 0.256 e. The third-order valence-corrected chi connectivity index (χ3v) is 7.75. The predicted octanol–water partition coefficient (Wildman–Crippen LogP) is 3.19. The van der Waals surface area contributed by atoms with Crippen LogP contribution in [-0.2, 0) is 20.0 Å². The van der Waals surface area contributed by atoms with Gasteiger partial charge in [-0.1, -0.05) is 32.9 Å². The van der Waals surface area contributed by atoms with Crippen molar-refractivity contribution in [3.8, 4) is 0 Å². The van der Waals surface area contributed by atoms with Crippen LogP contribution in [0, 0.1) is 0 Å². The molecule has 0 atom stereocenters. The van der Waals surface area contributed by atoms with Gasteiger partial charge in [-0.2, -0.15) is 0 Å². The quantitative estimate of drug-likeness (QED) is 0.663. The molecule has 2 aliphatic rings. The van der Waals surface area contributed by atoms with Crippen molar-refractivity contribution >= 4 is 27.1 Å². The van der Waals surface area contributed by atoms with Crippen molar-refractivity contribution in [3.05, 3.63) is 53.6 Å². The number of ether oxygens (including phenoxy) is 1. The Morgan fingerprint density at radius 1 is 0.853 bits per heavy atom. The standard InChI is InChI=1S/C26H35N3O4S/c1-26(2,3)20-5-7-21(8-6-20)27-11-13-29(14-12-27)25(30)23-19-22(34(4,31)32)9-10-24(23)28-15-17-33-18-16-28/h5-10,19H,11-18H2,1-4H3. The van der Waals surface area contributed by atoms with Crippen molar-refractivity contribution in [1.29, 1.82) is 0 Å². The number of hydrogen-bond acceptors (Lipinski definition) is 6. The van der Waals surface area contributed by atoms with Crippen molar-refractivity contribution in [2.45, 2.75) is 31.1 Å². The summed E-state index contributed by atoms with van der Waals surface area (Å²) in [5.41, 5.74) is 3.80. The van der Waals surface area contributed by atoms with Crippen LogP contribution in [0.1, 0.15) is 36.7 Å². The Morgan fingerprint density at radius 2 is 1.47 bits per heavy atom. The zero-order chi connectivity index (χ0) is 24.5. The third kappa shape index (κ3) is 5.39. The van der Waals surface area contributed by atoms with E-state index in [1.165, 1.54) is 11.8 Å². The van der Waals surface area contributed by atoms with Gasteiger partial charge in [-0.15, -0.1) is 0 Å². The number of sulfone groups is 1. The molecule has 184 valence electrons. The minimum atomic E-state index is -3.42. The summed E-state index contributed by atoms with van der Waals surface area (Å²) in [6, 6.07) is 13.6. The second-order valence-corrected chi connectivity index (χ2v) is 12.1. The minimum absolute atomic E-state index is 0.113. The molecule has 0 aliphatic carbocycles. The third-order valence-electron chi connectivity index (χ3n) is 6.64. The molecule has 8 heteroatoms. The molecule has 0 N–H and O–H groups in total. The second-order valence-electron chi connectivity index (χ2n) is 10.1. The Hall–Kier alpha value is -2.58. The zero-order valence-corrected chi connectivity index (χ0v) is 21.4. The van der Waals surface area contributed by atoms with Gasteiger partial charge in [-0.25, -0.2) is 8.42 Å². The molecule has 2 aliphatic heterocycles. The van der Waals surface area contributed by atoms with Gasteiger partial charge in [-0.3, -0.25) is 4.79 Å². The molecule has 2 aromatic rings. The molecule has 0 aromatic heterocycles. The number of piperazine rings is 1. The number of hydrogen-bond donors (Lipinski definition) is 0. The summed E-state index contributed by atoms with van der Waals surface area (Å²) in [5, 5.41) is 0. The lowest BCUT2D eigenvalue weighted by Crippen LogP contribution is -2.49. The molecular weight excluding hydrogens is 450 g/mol. The average Bonchev–Trinajstić information content (AvgIpc) is 2.83. The van der Waals surface area contributed by atoms with Gasteiger partial charge in [0.05, 0.1) is 23.7 Å². The van der Waals surface area contributed by atoms with Crippen molar-refractivity contribution in [3.63, 3.8) is 0 Å². The highest BCUT2D eigenvalue weighted by Gasteiger charge is 2.27. The van der Waals surface area contributed by atoms with Crippen LogP contribution in [0.15, 0.2) is 47.4 Å². The van der Waals surface area contributed by atoms with Gasteiger partial charge in [0.15, 0.2) is 9.84 Å². The number of rotatable bonds is 4. The Balaban J connectivity index is 1.52. The topological polar surface area (TPSA) is 70.2 Å². The van der Waals surface area contributed by atoms with Gasteiger partial charge in [0, 0.05) is 56.9 Å². The molecular formula is C26H35N3O4S. The van der Waals surface area contributed by atoms with E-state index in [0.29, 0.717) is 45.0 Å². The Morgan fingerprint density at radius 3 is 2.03 bits per heavy atom. The lowest BCUT2D eigenvalue weighted by molar-refractivity contribution is 0.0746. The molecule has 2 saturated heterocycles. The van der Waals surface area contributed by atoms with Gasteiger partial charge in [0.25, 0.3) is 5.91 Å². The van der Waals surface area contributed by atoms with Crippen LogP contribution < -0.4 is 9.80 Å². The lowest BCUT2D eigenvalue weighted by atomic mass is 9.87. The van der Waals surface area contributed by atoms with Crippen LogP contribution >= 0.6 is 0 Å². The number of anilines is 2. The van der Waals surface area contributed by atoms with Gasteiger partial charge < -0.3 is 19.4 Å². The second kappa shape index (κ2) is 9.58. The maximum atomic E-state index is 13.6. The van der Waals surface area contributed by atoms with E-state index in [2.05, 4.69) is 54.8 Å². The number of benzene rings is 2. The van der Waals surface area contributed by atoms with Crippen LogP contribution in [0.3, 0.4) is 0 Å². The van der Waals surface area contributed by atoms with E-state index in [-0.39, 0.29) is 16.2 Å². The minimum Gasteiger partial charge on any atom is -0.378 e. The molecule has 7 nitrogen and oxygen atoms in total. The van der Waals surface area contributed by atoms with E-state index in [1.54, 1.807) is 18.2 Å². The monoisotopic (exact) mass is 485 g/mol. The number of carbonyl (C=O) groups is 1. The molecule has 4 rings (SSSR count). The Kier molecular flexibility index (Phi) is 6.92. The lowest BCUT2D eigenvalue weighted by Gasteiger charge is -2.37. The van der Waals surface area contributed by atoms with Gasteiger partial charge in [-0.05, 0) is 41.3 Å². The van der Waals surface area contributed by atoms with Crippen molar-refractivity contribution in [2.75, 3.05) is 68.5 Å². The molecule has 2 heterocycles. The highest BCUT2D eigenvalue weighted by atomic mass is 32.2. The first-order chi connectivity index (χ1) is 16.0. The number of nitrogens with zero attached hydrogens (tertiary/aromatic N) is 3. The van der Waals surface area contributed by atoms with Crippen LogP contribution in [0.4, 0.5) is 11.4 Å². The molecule has 0 saturated carbocycles. The molecule has 1 amide bonds. The number of carbonyl (C=O) groups excluding carboxylic acids is 1. The van der Waals surface area contributed by atoms with E-state index >= 15 is 0 Å². The predicted molar refractivity (Wildman–Crippen MR) is 136 cm³/mol. The molecule has 2 aromatic carbocycles. The van der Waals surface area contributed by atoms with E-state index in [1.807, 2.05) is 4.90 Å². The fraction of sp³-hybridized carbons (Fsp3) is 0.500. The number of morpholine rings is 1. The zero-order valence-electron chi connectivity index (χ0n) is 20.6. The summed E-state index contributed by atoms with van der Waals surface area (Å²) >= 11 is 0. The average molecular weight is 486 g/mol. The van der Waals surface area contributed by atoms with Crippen molar-refractivity contribution in [1.82, 2.24) is 4.90 Å². The highest BCUT2D eigenvalue weighted by Crippen LogP contribution is 2.28. The fourth-order valence-corrected chi connectivity index (χ4v) is 5.15. The summed E-state index contributed by atoms with van der Waals surface area (Å²) in [6.07, 6.45) is 1.18. The van der Waals surface area contributed by atoms with Crippen molar-refractivity contribution in [2.24, 2.45) is 0 Å². The Labute approximate surface area is 203 Å². The first-order valence-electron chi connectivity index (χ1n) is 11.9. The number of amides is 1. The molecule has 0 spiro atoms. The molecule has 0 bridgehead atoms. The van der Waals surface area contributed by atoms with Crippen LogP contribution in [-0.4, -0.2) is 78.0 Å². The van der Waals surface area contributed by atoms with Gasteiger partial charge in [0.1, 0.15) is 0 Å². The van der Waals surface area contributed by atoms with Crippen LogP contribution in [0.5, 0.6) is 0 Å².